The first-order valence-corrected chi connectivity index (χ1v) is 6.91. The molecule has 2 aliphatic rings. The van der Waals surface area contributed by atoms with E-state index in [0.717, 1.165) is 24.8 Å². The number of allylic oxidation sites excluding steroid dienone is 1. The molecular weight excluding hydrogens is 212 g/mol. The van der Waals surface area contributed by atoms with Gasteiger partial charge in [0.15, 0.2) is 0 Å². The molecule has 0 aromatic heterocycles. The molecule has 0 radical (unpaired) electrons. The van der Waals surface area contributed by atoms with Gasteiger partial charge in [-0.1, -0.05) is 19.9 Å². The lowest BCUT2D eigenvalue weighted by atomic mass is 9.58. The van der Waals surface area contributed by atoms with E-state index in [-0.39, 0.29) is 12.0 Å². The van der Waals surface area contributed by atoms with Crippen LogP contribution in [0.2, 0.25) is 0 Å². The Labute approximate surface area is 105 Å². The summed E-state index contributed by atoms with van der Waals surface area (Å²) < 4.78 is 0. The zero-order valence-electron chi connectivity index (χ0n) is 11.5. The van der Waals surface area contributed by atoms with Crippen molar-refractivity contribution in [2.45, 2.75) is 58.7 Å². The molecule has 1 saturated carbocycles. The van der Waals surface area contributed by atoms with Crippen LogP contribution < -0.4 is 0 Å². The Morgan fingerprint density at radius 1 is 1.41 bits per heavy atom. The summed E-state index contributed by atoms with van der Waals surface area (Å²) in [6.45, 7) is 8.51. The summed E-state index contributed by atoms with van der Waals surface area (Å²) in [5.41, 5.74) is 0.489. The van der Waals surface area contributed by atoms with Crippen molar-refractivity contribution < 1.29 is 10.2 Å². The SMILES string of the molecule is CC1=C[C@@H]2[C@@H](C(C)C)CC[C@@](C)(O)[C@@H]2C[C@@H]1O. The molecule has 98 valence electrons. The fourth-order valence-electron chi connectivity index (χ4n) is 3.82. The predicted octanol–water partition coefficient (Wildman–Crippen LogP) is 2.75. The van der Waals surface area contributed by atoms with Crippen molar-refractivity contribution in [3.63, 3.8) is 0 Å². The van der Waals surface area contributed by atoms with E-state index in [1.54, 1.807) is 0 Å². The molecule has 0 aromatic rings. The molecule has 2 rings (SSSR count). The number of aliphatic hydroxyl groups excluding tert-OH is 1. The van der Waals surface area contributed by atoms with Crippen LogP contribution in [0.5, 0.6) is 0 Å². The standard InChI is InChI=1S/C15H26O2/c1-9(2)11-5-6-15(4,17)13-8-14(16)10(3)7-12(11)13/h7,9,11-14,16-17H,5-6,8H2,1-4H3/t11-,12-,13-,14+,15-/m1/s1. The minimum atomic E-state index is -0.603. The summed E-state index contributed by atoms with van der Waals surface area (Å²) in [5, 5.41) is 20.5. The zero-order valence-corrected chi connectivity index (χ0v) is 11.5. The second kappa shape index (κ2) is 4.40. The highest BCUT2D eigenvalue weighted by Gasteiger charge is 2.47. The highest BCUT2D eigenvalue weighted by molar-refractivity contribution is 5.17. The van der Waals surface area contributed by atoms with E-state index in [1.165, 1.54) is 0 Å². The average molecular weight is 238 g/mol. The smallest absolute Gasteiger partial charge is 0.0751 e. The normalized spacial score (nSPS) is 46.6. The van der Waals surface area contributed by atoms with Crippen LogP contribution in [0.1, 0.15) is 47.0 Å². The molecule has 0 aliphatic heterocycles. The summed E-state index contributed by atoms with van der Waals surface area (Å²) in [5.74, 6) is 1.98. The lowest BCUT2D eigenvalue weighted by molar-refractivity contribution is -0.0927. The second-order valence-electron chi connectivity index (χ2n) is 6.65. The van der Waals surface area contributed by atoms with E-state index in [2.05, 4.69) is 19.9 Å². The van der Waals surface area contributed by atoms with Crippen LogP contribution >= 0.6 is 0 Å². The lowest BCUT2D eigenvalue weighted by Gasteiger charge is -2.50. The van der Waals surface area contributed by atoms with E-state index in [4.69, 9.17) is 0 Å². The molecule has 0 heterocycles. The van der Waals surface area contributed by atoms with E-state index in [9.17, 15) is 10.2 Å². The first-order valence-electron chi connectivity index (χ1n) is 6.91. The number of hydrogen-bond acceptors (Lipinski definition) is 2. The summed E-state index contributed by atoms with van der Waals surface area (Å²) >= 11 is 0. The second-order valence-corrected chi connectivity index (χ2v) is 6.65. The van der Waals surface area contributed by atoms with Gasteiger partial charge in [-0.3, -0.25) is 0 Å². The summed E-state index contributed by atoms with van der Waals surface area (Å²) in [6, 6.07) is 0. The number of fused-ring (bicyclic) bond motifs is 1. The third-order valence-corrected chi connectivity index (χ3v) is 5.06. The van der Waals surface area contributed by atoms with Crippen molar-refractivity contribution in [3.05, 3.63) is 11.6 Å². The maximum absolute atomic E-state index is 10.5. The van der Waals surface area contributed by atoms with Gasteiger partial charge >= 0.3 is 0 Å². The predicted molar refractivity (Wildman–Crippen MR) is 69.5 cm³/mol. The molecule has 2 aliphatic carbocycles. The van der Waals surface area contributed by atoms with Crippen molar-refractivity contribution >= 4 is 0 Å². The molecule has 2 nitrogen and oxygen atoms in total. The fourth-order valence-corrected chi connectivity index (χ4v) is 3.82. The van der Waals surface area contributed by atoms with Gasteiger partial charge < -0.3 is 10.2 Å². The van der Waals surface area contributed by atoms with Gasteiger partial charge in [0, 0.05) is 0 Å². The van der Waals surface area contributed by atoms with Crippen LogP contribution in [0.3, 0.4) is 0 Å². The van der Waals surface area contributed by atoms with Gasteiger partial charge in [0.1, 0.15) is 0 Å². The molecule has 0 unspecified atom stereocenters. The van der Waals surface area contributed by atoms with Crippen molar-refractivity contribution in [1.82, 2.24) is 0 Å². The van der Waals surface area contributed by atoms with E-state index in [0.29, 0.717) is 17.8 Å². The maximum Gasteiger partial charge on any atom is 0.0751 e. The number of rotatable bonds is 1. The Bertz CT molecular complexity index is 317. The van der Waals surface area contributed by atoms with E-state index >= 15 is 0 Å². The van der Waals surface area contributed by atoms with Crippen LogP contribution in [-0.2, 0) is 0 Å². The average Bonchev–Trinajstić information content (AvgIpc) is 2.20. The largest absolute Gasteiger partial charge is 0.390 e. The third kappa shape index (κ3) is 2.30. The van der Waals surface area contributed by atoms with Crippen molar-refractivity contribution in [1.29, 1.82) is 0 Å². The molecule has 0 bridgehead atoms. The molecule has 1 fully saturated rings. The molecule has 5 atom stereocenters. The van der Waals surface area contributed by atoms with Crippen LogP contribution in [0.15, 0.2) is 11.6 Å². The van der Waals surface area contributed by atoms with Gasteiger partial charge in [-0.05, 0) is 62.4 Å². The van der Waals surface area contributed by atoms with E-state index in [1.807, 2.05) is 13.8 Å². The van der Waals surface area contributed by atoms with E-state index < -0.39 is 5.60 Å². The monoisotopic (exact) mass is 238 g/mol. The minimum Gasteiger partial charge on any atom is -0.390 e. The molecular formula is C15H26O2. The van der Waals surface area contributed by atoms with Crippen LogP contribution in [0.4, 0.5) is 0 Å². The highest BCUT2D eigenvalue weighted by Crippen LogP contribution is 2.49. The van der Waals surface area contributed by atoms with Gasteiger partial charge in [-0.2, -0.15) is 0 Å². The van der Waals surface area contributed by atoms with Gasteiger partial charge in [-0.25, -0.2) is 0 Å². The molecule has 0 saturated heterocycles. The quantitative estimate of drug-likeness (QED) is 0.690. The van der Waals surface area contributed by atoms with Gasteiger partial charge in [-0.15, -0.1) is 0 Å². The van der Waals surface area contributed by atoms with Crippen LogP contribution in [0, 0.1) is 23.7 Å². The Morgan fingerprint density at radius 3 is 2.65 bits per heavy atom. The van der Waals surface area contributed by atoms with Gasteiger partial charge in [0.25, 0.3) is 0 Å². The van der Waals surface area contributed by atoms with Crippen molar-refractivity contribution in [2.75, 3.05) is 0 Å². The van der Waals surface area contributed by atoms with Crippen molar-refractivity contribution in [2.24, 2.45) is 23.7 Å². The van der Waals surface area contributed by atoms with Crippen LogP contribution in [0.25, 0.3) is 0 Å². The Kier molecular flexibility index (Phi) is 3.39. The lowest BCUT2D eigenvalue weighted by Crippen LogP contribution is -2.50. The van der Waals surface area contributed by atoms with Gasteiger partial charge in [0.05, 0.1) is 11.7 Å². The van der Waals surface area contributed by atoms with Crippen LogP contribution in [-0.4, -0.2) is 21.9 Å². The number of hydrogen-bond donors (Lipinski definition) is 2. The molecule has 0 spiro atoms. The first kappa shape index (κ1) is 13.1. The van der Waals surface area contributed by atoms with Gasteiger partial charge in [0.2, 0.25) is 0 Å². The Morgan fingerprint density at radius 2 is 2.06 bits per heavy atom. The summed E-state index contributed by atoms with van der Waals surface area (Å²) in [7, 11) is 0. The molecule has 2 heteroatoms. The minimum absolute atomic E-state index is 0.224. The first-order chi connectivity index (χ1) is 7.83. The highest BCUT2D eigenvalue weighted by atomic mass is 16.3. The molecule has 0 aromatic carbocycles. The summed E-state index contributed by atoms with van der Waals surface area (Å²) in [6.07, 6.45) is 4.58. The summed E-state index contributed by atoms with van der Waals surface area (Å²) in [4.78, 5) is 0. The topological polar surface area (TPSA) is 40.5 Å². The molecule has 0 amide bonds. The Hall–Kier alpha value is -0.340. The maximum atomic E-state index is 10.5. The Balaban J connectivity index is 2.32. The molecule has 2 N–H and O–H groups in total. The molecule has 17 heavy (non-hydrogen) atoms. The fraction of sp³-hybridized carbons (Fsp3) is 0.867. The third-order valence-electron chi connectivity index (χ3n) is 5.06. The van der Waals surface area contributed by atoms with Crippen molar-refractivity contribution in [3.8, 4) is 0 Å². The number of aliphatic hydroxyl groups is 2. The zero-order chi connectivity index (χ0) is 12.8.